The van der Waals surface area contributed by atoms with Gasteiger partial charge >= 0.3 is 0 Å². The third-order valence-corrected chi connectivity index (χ3v) is 1.02. The zero-order valence-electron chi connectivity index (χ0n) is 4.83. The molecule has 1 heterocycles. The summed E-state index contributed by atoms with van der Waals surface area (Å²) in [5, 5.41) is 10.0. The molecule has 0 fully saturated rings. The summed E-state index contributed by atoms with van der Waals surface area (Å²) in [7, 11) is 0. The van der Waals surface area contributed by atoms with E-state index in [1.807, 2.05) is 0 Å². The first-order valence-corrected chi connectivity index (χ1v) is 2.45. The summed E-state index contributed by atoms with van der Waals surface area (Å²) in [6, 6.07) is 1.21. The maximum absolute atomic E-state index is 10.0. The van der Waals surface area contributed by atoms with Crippen LogP contribution in [0.15, 0.2) is 12.3 Å². The third-order valence-electron chi connectivity index (χ3n) is 1.02. The van der Waals surface area contributed by atoms with Crippen LogP contribution in [0.4, 0.5) is 5.69 Å². The van der Waals surface area contributed by atoms with Crippen molar-refractivity contribution in [2.45, 2.75) is 0 Å². The number of aromatic nitrogens is 1. The van der Waals surface area contributed by atoms with Crippen LogP contribution in [0.5, 0.6) is 0 Å². The lowest BCUT2D eigenvalue weighted by atomic mass is 10.4. The third kappa shape index (κ3) is 0.883. The molecule has 0 bridgehead atoms. The Balaban J connectivity index is 3.13. The van der Waals surface area contributed by atoms with Crippen LogP contribution in [0, 0.1) is 10.1 Å². The lowest BCUT2D eigenvalue weighted by Gasteiger charge is -1.82. The maximum Gasteiger partial charge on any atom is 0.298 e. The first-order valence-electron chi connectivity index (χ1n) is 2.45. The summed E-state index contributed by atoms with van der Waals surface area (Å²) in [5.74, 6) is 0. The summed E-state index contributed by atoms with van der Waals surface area (Å²) < 4.78 is 0. The molecule has 1 rings (SSSR count). The minimum atomic E-state index is -0.642. The Bertz CT molecular complexity index is 266. The summed E-state index contributed by atoms with van der Waals surface area (Å²) in [4.78, 5) is 21.7. The Labute approximate surface area is 55.8 Å². The number of H-pyrrole nitrogens is 1. The molecule has 1 aromatic heterocycles. The fourth-order valence-electron chi connectivity index (χ4n) is 0.595. The van der Waals surface area contributed by atoms with E-state index in [0.717, 1.165) is 0 Å². The number of nitrogens with one attached hydrogen (secondary N) is 1. The Morgan fingerprint density at radius 2 is 2.40 bits per heavy atom. The smallest absolute Gasteiger partial charge is 0.298 e. The Hall–Kier alpha value is -1.65. The zero-order valence-corrected chi connectivity index (χ0v) is 4.83. The summed E-state index contributed by atoms with van der Waals surface area (Å²) in [6.07, 6.45) is 2.73. The van der Waals surface area contributed by atoms with Crippen LogP contribution in [-0.2, 0) is 4.79 Å². The molecule has 5 nitrogen and oxygen atoms in total. The molecule has 0 saturated heterocycles. The maximum atomic E-state index is 10.0. The van der Waals surface area contributed by atoms with Gasteiger partial charge in [-0.2, -0.15) is 0 Å². The second-order valence-corrected chi connectivity index (χ2v) is 1.60. The van der Waals surface area contributed by atoms with Crippen molar-refractivity contribution < 1.29 is 9.72 Å². The molecule has 0 saturated carbocycles. The number of aromatic amines is 1. The number of carbonyl (C=O) groups excluding carboxylic acids is 1. The van der Waals surface area contributed by atoms with Gasteiger partial charge in [0.25, 0.3) is 12.0 Å². The van der Waals surface area contributed by atoms with Crippen LogP contribution >= 0.6 is 0 Å². The van der Waals surface area contributed by atoms with Gasteiger partial charge in [-0.3, -0.25) is 14.9 Å². The van der Waals surface area contributed by atoms with E-state index in [-0.39, 0.29) is 11.4 Å². The second kappa shape index (κ2) is 2.30. The average molecular weight is 139 g/mol. The van der Waals surface area contributed by atoms with Gasteiger partial charge in [0.2, 0.25) is 0 Å². The molecule has 1 radical (unpaired) electrons. The molecule has 5 heteroatoms. The molecule has 0 spiro atoms. The van der Waals surface area contributed by atoms with E-state index in [0.29, 0.717) is 0 Å². The first kappa shape index (κ1) is 6.47. The fraction of sp³-hybridized carbons (Fsp3) is 0. The average Bonchev–Trinajstić information content (AvgIpc) is 2.33. The van der Waals surface area contributed by atoms with Gasteiger partial charge in [-0.15, -0.1) is 0 Å². The number of hydrogen-bond acceptors (Lipinski definition) is 3. The van der Waals surface area contributed by atoms with E-state index < -0.39 is 4.92 Å². The molecule has 51 valence electrons. The molecule has 0 amide bonds. The second-order valence-electron chi connectivity index (χ2n) is 1.60. The van der Waals surface area contributed by atoms with Gasteiger partial charge in [0.15, 0.2) is 5.69 Å². The predicted molar refractivity (Wildman–Crippen MR) is 32.2 cm³/mol. The van der Waals surface area contributed by atoms with E-state index in [1.54, 1.807) is 0 Å². The number of nitro groups is 1. The van der Waals surface area contributed by atoms with Crippen LogP contribution in [0.2, 0.25) is 0 Å². The molecular weight excluding hydrogens is 136 g/mol. The van der Waals surface area contributed by atoms with E-state index in [1.165, 1.54) is 18.5 Å². The molecular formula is C5H3N2O3. The number of nitrogens with zero attached hydrogens (tertiary/aromatic N) is 1. The fourth-order valence-corrected chi connectivity index (χ4v) is 0.595. The minimum Gasteiger partial charge on any atom is -0.353 e. The van der Waals surface area contributed by atoms with Gasteiger partial charge in [0.05, 0.1) is 4.92 Å². The van der Waals surface area contributed by atoms with E-state index >= 15 is 0 Å². The molecule has 1 N–H and O–H groups in total. The summed E-state index contributed by atoms with van der Waals surface area (Å²) in [6.45, 7) is 0. The zero-order chi connectivity index (χ0) is 7.56. The van der Waals surface area contributed by atoms with Crippen molar-refractivity contribution in [1.82, 2.24) is 4.98 Å². The molecule has 0 unspecified atom stereocenters. The normalized spacial score (nSPS) is 9.20. The van der Waals surface area contributed by atoms with Crippen molar-refractivity contribution in [3.8, 4) is 0 Å². The lowest BCUT2D eigenvalue weighted by molar-refractivity contribution is -0.384. The van der Waals surface area contributed by atoms with Crippen LogP contribution in [0.25, 0.3) is 0 Å². The monoisotopic (exact) mass is 139 g/mol. The lowest BCUT2D eigenvalue weighted by Crippen LogP contribution is -1.90. The molecule has 0 atom stereocenters. The van der Waals surface area contributed by atoms with Gasteiger partial charge < -0.3 is 4.98 Å². The van der Waals surface area contributed by atoms with Gasteiger partial charge in [0, 0.05) is 12.3 Å². The van der Waals surface area contributed by atoms with Gasteiger partial charge in [-0.05, 0) is 0 Å². The largest absolute Gasteiger partial charge is 0.353 e. The van der Waals surface area contributed by atoms with Crippen molar-refractivity contribution in [3.63, 3.8) is 0 Å². The van der Waals surface area contributed by atoms with Gasteiger partial charge in [-0.25, -0.2) is 0 Å². The van der Waals surface area contributed by atoms with Crippen molar-refractivity contribution >= 4 is 12.0 Å². The minimum absolute atomic E-state index is 0.120. The summed E-state index contributed by atoms with van der Waals surface area (Å²) >= 11 is 0. The molecule has 0 aromatic carbocycles. The highest BCUT2D eigenvalue weighted by atomic mass is 16.6. The van der Waals surface area contributed by atoms with Crippen molar-refractivity contribution in [3.05, 3.63) is 28.1 Å². The van der Waals surface area contributed by atoms with Gasteiger partial charge in [-0.1, -0.05) is 0 Å². The Kier molecular flexibility index (Phi) is 1.49. The molecule has 1 aromatic rings. The number of hydrogen-bond donors (Lipinski definition) is 1. The predicted octanol–water partition coefficient (Wildman–Crippen LogP) is 0.381. The SMILES string of the molecule is O=[C]c1[nH]ccc1[N+](=O)[O-]. The quantitative estimate of drug-likeness (QED) is 0.475. The Morgan fingerprint density at radius 3 is 2.80 bits per heavy atom. The highest BCUT2D eigenvalue weighted by Crippen LogP contribution is 2.12. The van der Waals surface area contributed by atoms with Crippen LogP contribution < -0.4 is 0 Å². The van der Waals surface area contributed by atoms with Crippen LogP contribution in [0.3, 0.4) is 0 Å². The highest BCUT2D eigenvalue weighted by Gasteiger charge is 2.13. The van der Waals surface area contributed by atoms with E-state index in [2.05, 4.69) is 4.98 Å². The van der Waals surface area contributed by atoms with Gasteiger partial charge in [0.1, 0.15) is 0 Å². The van der Waals surface area contributed by atoms with Crippen molar-refractivity contribution in [2.24, 2.45) is 0 Å². The highest BCUT2D eigenvalue weighted by molar-refractivity contribution is 5.78. The molecule has 0 aliphatic carbocycles. The standard InChI is InChI=1S/C5H3N2O3/c8-3-4-5(7(9)10)1-2-6-4/h1-2,6H. The summed E-state index contributed by atoms with van der Waals surface area (Å²) in [5.41, 5.74) is -0.361. The van der Waals surface area contributed by atoms with Crippen LogP contribution in [-0.4, -0.2) is 16.2 Å². The first-order chi connectivity index (χ1) is 4.75. The van der Waals surface area contributed by atoms with E-state index in [4.69, 9.17) is 0 Å². The van der Waals surface area contributed by atoms with Crippen molar-refractivity contribution in [1.29, 1.82) is 0 Å². The van der Waals surface area contributed by atoms with E-state index in [9.17, 15) is 14.9 Å². The topological polar surface area (TPSA) is 76.0 Å². The Morgan fingerprint density at radius 1 is 1.70 bits per heavy atom. The van der Waals surface area contributed by atoms with Crippen LogP contribution in [0.1, 0.15) is 5.69 Å². The molecule has 0 aliphatic heterocycles. The molecule has 10 heavy (non-hydrogen) atoms. The number of rotatable bonds is 2. The van der Waals surface area contributed by atoms with Crippen molar-refractivity contribution in [2.75, 3.05) is 0 Å². The molecule has 0 aliphatic rings.